The third-order valence-corrected chi connectivity index (χ3v) is 7.62. The van der Waals surface area contributed by atoms with E-state index in [-0.39, 0.29) is 0 Å². The van der Waals surface area contributed by atoms with Gasteiger partial charge in [0, 0.05) is 0 Å². The minimum Gasteiger partial charge on any atom is -0.545 e. The maximum atomic E-state index is 12.1. The van der Waals surface area contributed by atoms with E-state index in [1.165, 1.54) is 134 Å². The lowest BCUT2D eigenvalue weighted by Crippen LogP contribution is -2.26. The van der Waals surface area contributed by atoms with Crippen LogP contribution in [0.2, 0.25) is 0 Å². The van der Waals surface area contributed by atoms with Crippen molar-refractivity contribution in [1.29, 1.82) is 0 Å². The number of carbonyl (C=O) groups excluding carboxylic acids is 1. The van der Waals surface area contributed by atoms with Crippen LogP contribution in [0.3, 0.4) is 0 Å². The third-order valence-electron chi connectivity index (χ3n) is 7.62. The summed E-state index contributed by atoms with van der Waals surface area (Å²) in [6.07, 6.45) is 33.5. The molecule has 208 valence electrons. The number of hydrogen-bond acceptors (Lipinski definition) is 2. The fourth-order valence-electron chi connectivity index (χ4n) is 5.23. The first-order valence-electron chi connectivity index (χ1n) is 16.1. The molecule has 0 atom stereocenters. The zero-order valence-corrected chi connectivity index (χ0v) is 24.4. The standard InChI is InChI=1S/C33H64O2/c1-4-7-10-13-16-19-22-25-28-31(29-26-23-20-17-14-11-8-5-2)32(33(34)35)30-27-24-21-18-15-12-9-6-3/h4-30H2,1-3H3,(H,34,35)/p-1. The SMILES string of the molecule is CCCCCCCCCCC(CCCCCCCCCC)=C(CCCCCCCCCC)C(=O)[O-]. The van der Waals surface area contributed by atoms with Crippen LogP contribution in [0.25, 0.3) is 0 Å². The molecule has 0 aliphatic carbocycles. The zero-order valence-electron chi connectivity index (χ0n) is 24.4. The Labute approximate surface area is 221 Å². The molecule has 0 fully saturated rings. The van der Waals surface area contributed by atoms with E-state index in [1.54, 1.807) is 0 Å². The quantitative estimate of drug-likeness (QED) is 0.0806. The number of rotatable bonds is 28. The average molecular weight is 492 g/mol. The second-order valence-electron chi connectivity index (χ2n) is 11.0. The van der Waals surface area contributed by atoms with Gasteiger partial charge in [0.1, 0.15) is 0 Å². The molecular formula is C33H63O2-. The van der Waals surface area contributed by atoms with Crippen molar-refractivity contribution in [2.24, 2.45) is 0 Å². The Morgan fingerprint density at radius 3 is 0.943 bits per heavy atom. The van der Waals surface area contributed by atoms with Crippen LogP contribution in [0.5, 0.6) is 0 Å². The van der Waals surface area contributed by atoms with E-state index in [1.807, 2.05) is 0 Å². The van der Waals surface area contributed by atoms with Gasteiger partial charge in [0.2, 0.25) is 0 Å². The second kappa shape index (κ2) is 27.8. The maximum absolute atomic E-state index is 12.1. The number of unbranched alkanes of at least 4 members (excludes halogenated alkanes) is 21. The molecule has 0 aliphatic heterocycles. The lowest BCUT2D eigenvalue weighted by Gasteiger charge is -2.17. The van der Waals surface area contributed by atoms with Crippen molar-refractivity contribution in [1.82, 2.24) is 0 Å². The summed E-state index contributed by atoms with van der Waals surface area (Å²) >= 11 is 0. The highest BCUT2D eigenvalue weighted by molar-refractivity contribution is 5.85. The molecule has 0 aromatic carbocycles. The molecule has 0 amide bonds. The Balaban J connectivity index is 4.53. The molecule has 0 aromatic rings. The Kier molecular flexibility index (Phi) is 27.2. The summed E-state index contributed by atoms with van der Waals surface area (Å²) in [6, 6.07) is 0. The van der Waals surface area contributed by atoms with Crippen molar-refractivity contribution in [2.45, 2.75) is 194 Å². The first-order chi connectivity index (χ1) is 17.2. The van der Waals surface area contributed by atoms with Gasteiger partial charge < -0.3 is 9.90 Å². The molecule has 0 saturated carbocycles. The number of aliphatic carboxylic acids is 1. The molecule has 2 nitrogen and oxygen atoms in total. The largest absolute Gasteiger partial charge is 0.545 e. The highest BCUT2D eigenvalue weighted by atomic mass is 16.4. The molecule has 0 bridgehead atoms. The van der Waals surface area contributed by atoms with E-state index in [0.717, 1.165) is 44.9 Å². The summed E-state index contributed by atoms with van der Waals surface area (Å²) in [4.78, 5) is 12.1. The smallest absolute Gasteiger partial charge is 0.0674 e. The van der Waals surface area contributed by atoms with Crippen molar-refractivity contribution in [3.05, 3.63) is 11.1 Å². The Morgan fingerprint density at radius 1 is 0.400 bits per heavy atom. The van der Waals surface area contributed by atoms with Gasteiger partial charge in [0.25, 0.3) is 0 Å². The van der Waals surface area contributed by atoms with Crippen molar-refractivity contribution in [3.8, 4) is 0 Å². The first kappa shape index (κ1) is 34.2. The van der Waals surface area contributed by atoms with Gasteiger partial charge in [-0.3, -0.25) is 0 Å². The maximum Gasteiger partial charge on any atom is 0.0674 e. The van der Waals surface area contributed by atoms with E-state index >= 15 is 0 Å². The summed E-state index contributed by atoms with van der Waals surface area (Å²) in [6.45, 7) is 6.79. The van der Waals surface area contributed by atoms with Gasteiger partial charge in [0.05, 0.1) is 5.97 Å². The Hall–Kier alpha value is -0.790. The molecule has 0 unspecified atom stereocenters. The normalized spacial score (nSPS) is 11.2. The number of carbonyl (C=O) groups is 1. The Bertz CT molecular complexity index is 457. The fraction of sp³-hybridized carbons (Fsp3) is 0.909. The Morgan fingerprint density at radius 2 is 0.657 bits per heavy atom. The summed E-state index contributed by atoms with van der Waals surface area (Å²) in [5.74, 6) is -0.887. The summed E-state index contributed by atoms with van der Waals surface area (Å²) in [5.41, 5.74) is 1.90. The summed E-state index contributed by atoms with van der Waals surface area (Å²) in [7, 11) is 0. The monoisotopic (exact) mass is 491 g/mol. The average Bonchev–Trinajstić information content (AvgIpc) is 2.85. The minimum atomic E-state index is -0.887. The van der Waals surface area contributed by atoms with E-state index in [0.29, 0.717) is 5.57 Å². The molecule has 0 heterocycles. The van der Waals surface area contributed by atoms with Crippen LogP contribution < -0.4 is 5.11 Å². The van der Waals surface area contributed by atoms with Gasteiger partial charge in [0.15, 0.2) is 0 Å². The molecule has 0 radical (unpaired) electrons. The van der Waals surface area contributed by atoms with Crippen LogP contribution in [-0.4, -0.2) is 5.97 Å². The molecule has 35 heavy (non-hydrogen) atoms. The minimum absolute atomic E-state index is 0.668. The van der Waals surface area contributed by atoms with Crippen LogP contribution in [-0.2, 0) is 4.79 Å². The van der Waals surface area contributed by atoms with Gasteiger partial charge in [-0.1, -0.05) is 161 Å². The second-order valence-corrected chi connectivity index (χ2v) is 11.0. The van der Waals surface area contributed by atoms with Crippen LogP contribution >= 0.6 is 0 Å². The van der Waals surface area contributed by atoms with E-state index < -0.39 is 5.97 Å². The number of allylic oxidation sites excluding steroid dienone is 1. The van der Waals surface area contributed by atoms with E-state index in [2.05, 4.69) is 20.8 Å². The lowest BCUT2D eigenvalue weighted by molar-refractivity contribution is -0.299. The van der Waals surface area contributed by atoms with Crippen LogP contribution in [0.4, 0.5) is 0 Å². The summed E-state index contributed by atoms with van der Waals surface area (Å²) < 4.78 is 0. The summed E-state index contributed by atoms with van der Waals surface area (Å²) in [5, 5.41) is 12.1. The van der Waals surface area contributed by atoms with Crippen LogP contribution in [0.15, 0.2) is 11.1 Å². The van der Waals surface area contributed by atoms with Crippen molar-refractivity contribution < 1.29 is 9.90 Å². The fourth-order valence-corrected chi connectivity index (χ4v) is 5.23. The molecular weight excluding hydrogens is 428 g/mol. The zero-order chi connectivity index (χ0) is 25.8. The van der Waals surface area contributed by atoms with Gasteiger partial charge in [-0.15, -0.1) is 0 Å². The van der Waals surface area contributed by atoms with Crippen LogP contribution in [0, 0.1) is 0 Å². The number of carboxylic acids is 1. The van der Waals surface area contributed by atoms with Gasteiger partial charge in [-0.2, -0.15) is 0 Å². The highest BCUT2D eigenvalue weighted by Crippen LogP contribution is 2.25. The molecule has 0 aromatic heterocycles. The van der Waals surface area contributed by atoms with Gasteiger partial charge >= 0.3 is 0 Å². The van der Waals surface area contributed by atoms with Crippen LogP contribution in [0.1, 0.15) is 194 Å². The predicted molar refractivity (Wildman–Crippen MR) is 154 cm³/mol. The molecule has 0 spiro atoms. The highest BCUT2D eigenvalue weighted by Gasteiger charge is 2.09. The molecule has 2 heteroatoms. The van der Waals surface area contributed by atoms with Crippen molar-refractivity contribution >= 4 is 5.97 Å². The molecule has 0 saturated heterocycles. The van der Waals surface area contributed by atoms with Crippen molar-refractivity contribution in [3.63, 3.8) is 0 Å². The van der Waals surface area contributed by atoms with Crippen molar-refractivity contribution in [2.75, 3.05) is 0 Å². The molecule has 0 aliphatic rings. The molecule has 0 N–H and O–H groups in total. The first-order valence-corrected chi connectivity index (χ1v) is 16.1. The number of hydrogen-bond donors (Lipinski definition) is 0. The van der Waals surface area contributed by atoms with Gasteiger partial charge in [-0.05, 0) is 44.1 Å². The number of carboxylic acid groups (broad SMARTS) is 1. The van der Waals surface area contributed by atoms with E-state index in [9.17, 15) is 9.90 Å². The van der Waals surface area contributed by atoms with E-state index in [4.69, 9.17) is 0 Å². The topological polar surface area (TPSA) is 40.1 Å². The molecule has 0 rings (SSSR count). The third kappa shape index (κ3) is 23.4. The van der Waals surface area contributed by atoms with Gasteiger partial charge in [-0.25, -0.2) is 0 Å². The predicted octanol–water partition coefficient (Wildman–Crippen LogP) is 10.6. The lowest BCUT2D eigenvalue weighted by atomic mass is 9.92.